The van der Waals surface area contributed by atoms with Gasteiger partial charge in [-0.3, -0.25) is 4.99 Å². The number of benzene rings is 1. The van der Waals surface area contributed by atoms with Crippen LogP contribution in [-0.4, -0.2) is 6.72 Å². The molecule has 1 aromatic carbocycles. The molecular weight excluding hydrogens is 136 g/mol. The van der Waals surface area contributed by atoms with Gasteiger partial charge in [0.25, 0.3) is 0 Å². The summed E-state index contributed by atoms with van der Waals surface area (Å²) in [6.45, 7) is 3.41. The van der Waals surface area contributed by atoms with Crippen molar-refractivity contribution in [2.45, 2.75) is 0 Å². The van der Waals surface area contributed by atoms with Crippen LogP contribution in [0, 0.1) is 0 Å². The predicted molar refractivity (Wildman–Crippen MR) is 48.2 cm³/mol. The van der Waals surface area contributed by atoms with E-state index in [4.69, 9.17) is 5.73 Å². The Morgan fingerprint density at radius 1 is 1.36 bits per heavy atom. The fourth-order valence-electron chi connectivity index (χ4n) is 0.849. The van der Waals surface area contributed by atoms with Crippen LogP contribution in [0.4, 0.5) is 0 Å². The summed E-state index contributed by atoms with van der Waals surface area (Å²) in [6, 6.07) is 9.69. The first kappa shape index (κ1) is 7.54. The summed E-state index contributed by atoms with van der Waals surface area (Å²) in [5.41, 5.74) is 7.02. The van der Waals surface area contributed by atoms with E-state index in [-0.39, 0.29) is 0 Å². The van der Waals surface area contributed by atoms with Crippen LogP contribution in [0.25, 0.3) is 5.70 Å². The number of hydrogen-bond donors (Lipinski definition) is 1. The fraction of sp³-hybridized carbons (Fsp3) is 0. The highest BCUT2D eigenvalue weighted by Gasteiger charge is 1.93. The lowest BCUT2D eigenvalue weighted by molar-refractivity contribution is 1.47. The summed E-state index contributed by atoms with van der Waals surface area (Å²) in [7, 11) is 0. The second-order valence-electron chi connectivity index (χ2n) is 2.08. The van der Waals surface area contributed by atoms with Gasteiger partial charge in [-0.25, -0.2) is 0 Å². The SMILES string of the molecule is C=N/C(=C\N)c1ccccc1. The number of nitrogens with two attached hydrogens (primary N) is 1. The first-order valence-corrected chi connectivity index (χ1v) is 3.32. The highest BCUT2D eigenvalue weighted by molar-refractivity contribution is 5.67. The average Bonchev–Trinajstić information content (AvgIpc) is 2.09. The van der Waals surface area contributed by atoms with E-state index < -0.39 is 0 Å². The highest BCUT2D eigenvalue weighted by Crippen LogP contribution is 2.12. The van der Waals surface area contributed by atoms with Crippen LogP contribution in [0.2, 0.25) is 0 Å². The minimum absolute atomic E-state index is 0.714. The average molecular weight is 146 g/mol. The van der Waals surface area contributed by atoms with Crippen molar-refractivity contribution in [1.82, 2.24) is 0 Å². The van der Waals surface area contributed by atoms with Crippen molar-refractivity contribution < 1.29 is 0 Å². The molecule has 56 valence electrons. The number of aliphatic imine (C=N–C) groups is 1. The molecule has 0 aliphatic carbocycles. The molecule has 2 heteroatoms. The maximum absolute atomic E-state index is 5.32. The Hall–Kier alpha value is -1.57. The highest BCUT2D eigenvalue weighted by atomic mass is 14.7. The summed E-state index contributed by atoms with van der Waals surface area (Å²) in [4.78, 5) is 3.76. The van der Waals surface area contributed by atoms with E-state index >= 15 is 0 Å². The van der Waals surface area contributed by atoms with Gasteiger partial charge in [0.2, 0.25) is 0 Å². The molecule has 11 heavy (non-hydrogen) atoms. The molecule has 1 rings (SSSR count). The lowest BCUT2D eigenvalue weighted by Crippen LogP contribution is -1.85. The van der Waals surface area contributed by atoms with Gasteiger partial charge in [-0.15, -0.1) is 0 Å². The number of hydrogen-bond acceptors (Lipinski definition) is 2. The van der Waals surface area contributed by atoms with Gasteiger partial charge < -0.3 is 5.73 Å². The molecule has 0 aromatic heterocycles. The summed E-state index contributed by atoms with van der Waals surface area (Å²) in [5.74, 6) is 0. The Balaban J connectivity index is 3.01. The van der Waals surface area contributed by atoms with Gasteiger partial charge in [0.05, 0.1) is 5.70 Å². The van der Waals surface area contributed by atoms with Gasteiger partial charge in [0, 0.05) is 11.8 Å². The lowest BCUT2D eigenvalue weighted by atomic mass is 10.2. The smallest absolute Gasteiger partial charge is 0.0849 e. The monoisotopic (exact) mass is 146 g/mol. The van der Waals surface area contributed by atoms with Crippen molar-refractivity contribution in [3.8, 4) is 0 Å². The van der Waals surface area contributed by atoms with Crippen LogP contribution in [0.5, 0.6) is 0 Å². The summed E-state index contributed by atoms with van der Waals surface area (Å²) in [6.07, 6.45) is 1.45. The Kier molecular flexibility index (Phi) is 2.44. The molecule has 0 radical (unpaired) electrons. The molecule has 0 unspecified atom stereocenters. The van der Waals surface area contributed by atoms with Gasteiger partial charge in [0.15, 0.2) is 0 Å². The summed E-state index contributed by atoms with van der Waals surface area (Å²) >= 11 is 0. The summed E-state index contributed by atoms with van der Waals surface area (Å²) in [5, 5.41) is 0. The molecule has 0 aliphatic rings. The van der Waals surface area contributed by atoms with Crippen LogP contribution in [0.3, 0.4) is 0 Å². The molecule has 0 aliphatic heterocycles. The second-order valence-corrected chi connectivity index (χ2v) is 2.08. The van der Waals surface area contributed by atoms with Crippen molar-refractivity contribution >= 4 is 12.4 Å². The van der Waals surface area contributed by atoms with E-state index in [1.807, 2.05) is 30.3 Å². The molecule has 0 saturated heterocycles. The Morgan fingerprint density at radius 3 is 2.45 bits per heavy atom. The van der Waals surface area contributed by atoms with Crippen LogP contribution >= 0.6 is 0 Å². The third kappa shape index (κ3) is 1.67. The normalized spacial score (nSPS) is 11.1. The maximum atomic E-state index is 5.32. The topological polar surface area (TPSA) is 38.4 Å². The molecule has 0 bridgehead atoms. The van der Waals surface area contributed by atoms with Crippen molar-refractivity contribution in [1.29, 1.82) is 0 Å². The molecule has 0 fully saturated rings. The molecule has 2 N–H and O–H groups in total. The minimum Gasteiger partial charge on any atom is -0.403 e. The third-order valence-corrected chi connectivity index (χ3v) is 1.40. The number of rotatable bonds is 2. The van der Waals surface area contributed by atoms with Crippen molar-refractivity contribution in [3.63, 3.8) is 0 Å². The van der Waals surface area contributed by atoms with Crippen molar-refractivity contribution in [3.05, 3.63) is 42.1 Å². The Bertz CT molecular complexity index is 262. The van der Waals surface area contributed by atoms with Crippen molar-refractivity contribution in [2.75, 3.05) is 0 Å². The molecule has 1 aromatic rings. The van der Waals surface area contributed by atoms with Gasteiger partial charge in [-0.05, 0) is 6.72 Å². The van der Waals surface area contributed by atoms with Crippen LogP contribution < -0.4 is 5.73 Å². The second kappa shape index (κ2) is 3.56. The fourth-order valence-corrected chi connectivity index (χ4v) is 0.849. The molecule has 2 nitrogen and oxygen atoms in total. The molecule has 0 spiro atoms. The van der Waals surface area contributed by atoms with E-state index in [0.717, 1.165) is 5.56 Å². The van der Waals surface area contributed by atoms with Crippen molar-refractivity contribution in [2.24, 2.45) is 10.7 Å². The van der Waals surface area contributed by atoms with E-state index in [0.29, 0.717) is 5.70 Å². The molecule has 0 saturated carbocycles. The zero-order valence-electron chi connectivity index (χ0n) is 6.20. The number of nitrogens with zero attached hydrogens (tertiary/aromatic N) is 1. The standard InChI is InChI=1S/C9H10N2/c1-11-9(7-10)8-5-3-2-4-6-8/h2-7H,1,10H2/b9-7-. The quantitative estimate of drug-likeness (QED) is 0.633. The minimum atomic E-state index is 0.714. The molecule has 0 amide bonds. The Labute approximate surface area is 66.1 Å². The molecule has 0 heterocycles. The lowest BCUT2D eigenvalue weighted by Gasteiger charge is -1.97. The molecule has 0 atom stereocenters. The summed E-state index contributed by atoms with van der Waals surface area (Å²) < 4.78 is 0. The van der Waals surface area contributed by atoms with Gasteiger partial charge in [-0.1, -0.05) is 30.3 Å². The zero-order valence-corrected chi connectivity index (χ0v) is 6.20. The molecular formula is C9H10N2. The van der Waals surface area contributed by atoms with Gasteiger partial charge in [0.1, 0.15) is 0 Å². The van der Waals surface area contributed by atoms with E-state index in [9.17, 15) is 0 Å². The largest absolute Gasteiger partial charge is 0.403 e. The first-order chi connectivity index (χ1) is 5.38. The zero-order chi connectivity index (χ0) is 8.10. The van der Waals surface area contributed by atoms with E-state index in [1.54, 1.807) is 0 Å². The van der Waals surface area contributed by atoms with Gasteiger partial charge in [-0.2, -0.15) is 0 Å². The maximum Gasteiger partial charge on any atom is 0.0849 e. The van der Waals surface area contributed by atoms with E-state index in [1.165, 1.54) is 6.20 Å². The third-order valence-electron chi connectivity index (χ3n) is 1.40. The predicted octanol–water partition coefficient (Wildman–Crippen LogP) is 1.64. The van der Waals surface area contributed by atoms with Crippen LogP contribution in [0.1, 0.15) is 5.56 Å². The van der Waals surface area contributed by atoms with Crippen LogP contribution in [0.15, 0.2) is 41.5 Å². The van der Waals surface area contributed by atoms with Crippen LogP contribution in [-0.2, 0) is 0 Å². The van der Waals surface area contributed by atoms with Gasteiger partial charge >= 0.3 is 0 Å². The Morgan fingerprint density at radius 2 is 2.00 bits per heavy atom. The van der Waals surface area contributed by atoms with E-state index in [2.05, 4.69) is 11.7 Å². The first-order valence-electron chi connectivity index (χ1n) is 3.32.